The lowest BCUT2D eigenvalue weighted by atomic mass is 10.0. The fourth-order valence-electron chi connectivity index (χ4n) is 1.87. The van der Waals surface area contributed by atoms with E-state index in [9.17, 15) is 13.6 Å². The lowest BCUT2D eigenvalue weighted by Gasteiger charge is -2.23. The minimum Gasteiger partial charge on any atom is -0.294 e. The largest absolute Gasteiger partial charge is 0.294 e. The number of Topliss-reactive ketones (excluding diaryl/α,β-unsaturated/α-hetero) is 1. The fourth-order valence-corrected chi connectivity index (χ4v) is 1.87. The van der Waals surface area contributed by atoms with Crippen molar-refractivity contribution in [2.24, 2.45) is 0 Å². The third-order valence-electron chi connectivity index (χ3n) is 3.32. The quantitative estimate of drug-likeness (QED) is 0.753. The Hall–Kier alpha value is -1.29. The van der Waals surface area contributed by atoms with Gasteiger partial charge in [-0.1, -0.05) is 0 Å². The highest BCUT2D eigenvalue weighted by Crippen LogP contribution is 2.27. The van der Waals surface area contributed by atoms with Gasteiger partial charge in [-0.3, -0.25) is 9.69 Å². The molecule has 2 rings (SSSR count). The molecule has 0 heterocycles. The average molecular weight is 239 g/mol. The molecule has 1 aromatic carbocycles. The van der Waals surface area contributed by atoms with E-state index >= 15 is 0 Å². The van der Waals surface area contributed by atoms with Crippen LogP contribution in [0.1, 0.15) is 30.1 Å². The number of rotatable bonds is 4. The number of hydrogen-bond donors (Lipinski definition) is 0. The van der Waals surface area contributed by atoms with E-state index < -0.39 is 11.6 Å². The first-order chi connectivity index (χ1) is 8.00. The van der Waals surface area contributed by atoms with Gasteiger partial charge in [-0.05, 0) is 45.0 Å². The molecule has 0 spiro atoms. The first kappa shape index (κ1) is 12.2. The molecule has 0 N–H and O–H groups in total. The highest BCUT2D eigenvalue weighted by molar-refractivity contribution is 5.99. The summed E-state index contributed by atoms with van der Waals surface area (Å²) in [6.45, 7) is 1.79. The van der Waals surface area contributed by atoms with Gasteiger partial charge in [-0.25, -0.2) is 8.78 Å². The third kappa shape index (κ3) is 2.52. The topological polar surface area (TPSA) is 20.3 Å². The maximum Gasteiger partial charge on any atom is 0.179 e. The molecule has 0 aromatic heterocycles. The number of hydrogen-bond acceptors (Lipinski definition) is 2. The van der Waals surface area contributed by atoms with Crippen molar-refractivity contribution in [3.05, 3.63) is 35.4 Å². The molecule has 1 aliphatic carbocycles. The Morgan fingerprint density at radius 2 is 2.00 bits per heavy atom. The molecule has 0 aliphatic heterocycles. The molecule has 0 bridgehead atoms. The van der Waals surface area contributed by atoms with Gasteiger partial charge in [0.2, 0.25) is 0 Å². The Balaban J connectivity index is 2.15. The monoisotopic (exact) mass is 239 g/mol. The van der Waals surface area contributed by atoms with Crippen LogP contribution in [0.3, 0.4) is 0 Å². The van der Waals surface area contributed by atoms with Crippen LogP contribution in [0.5, 0.6) is 0 Å². The van der Waals surface area contributed by atoms with Crippen LogP contribution in [0.2, 0.25) is 0 Å². The molecule has 2 nitrogen and oxygen atoms in total. The van der Waals surface area contributed by atoms with Gasteiger partial charge in [0.1, 0.15) is 0 Å². The molecule has 92 valence electrons. The van der Waals surface area contributed by atoms with E-state index in [2.05, 4.69) is 0 Å². The smallest absolute Gasteiger partial charge is 0.179 e. The first-order valence-corrected chi connectivity index (χ1v) is 5.72. The van der Waals surface area contributed by atoms with Crippen LogP contribution in [-0.4, -0.2) is 29.8 Å². The lowest BCUT2D eigenvalue weighted by molar-refractivity contribution is 0.0860. The second-order valence-corrected chi connectivity index (χ2v) is 4.57. The lowest BCUT2D eigenvalue weighted by Crippen LogP contribution is -2.37. The minimum atomic E-state index is -0.975. The Kier molecular flexibility index (Phi) is 3.24. The molecule has 0 saturated heterocycles. The van der Waals surface area contributed by atoms with E-state index in [1.165, 1.54) is 6.07 Å². The summed E-state index contributed by atoms with van der Waals surface area (Å²) in [6.07, 6.45) is 2.21. The number of carbonyl (C=O) groups is 1. The van der Waals surface area contributed by atoms with Crippen molar-refractivity contribution in [3.63, 3.8) is 0 Å². The predicted molar refractivity (Wildman–Crippen MR) is 60.9 cm³/mol. The van der Waals surface area contributed by atoms with Gasteiger partial charge in [-0.15, -0.1) is 0 Å². The summed E-state index contributed by atoms with van der Waals surface area (Å²) < 4.78 is 25.8. The maximum atomic E-state index is 13.0. The van der Waals surface area contributed by atoms with E-state index in [1.54, 1.807) is 6.92 Å². The van der Waals surface area contributed by atoms with Gasteiger partial charge < -0.3 is 0 Å². The number of benzene rings is 1. The Bertz CT molecular complexity index is 443. The molecule has 1 atom stereocenters. The van der Waals surface area contributed by atoms with Crippen LogP contribution in [0.25, 0.3) is 0 Å². The van der Waals surface area contributed by atoms with Crippen molar-refractivity contribution in [1.82, 2.24) is 4.90 Å². The van der Waals surface area contributed by atoms with E-state index in [1.807, 2.05) is 11.9 Å². The third-order valence-corrected chi connectivity index (χ3v) is 3.32. The molecule has 4 heteroatoms. The number of nitrogens with zero attached hydrogens (tertiary/aromatic N) is 1. The van der Waals surface area contributed by atoms with Gasteiger partial charge in [0.25, 0.3) is 0 Å². The molecule has 1 fully saturated rings. The summed E-state index contributed by atoms with van der Waals surface area (Å²) in [5.41, 5.74) is 0.226. The average Bonchev–Trinajstić information content (AvgIpc) is 3.14. The second-order valence-electron chi connectivity index (χ2n) is 4.57. The number of carbonyl (C=O) groups excluding carboxylic acids is 1. The normalized spacial score (nSPS) is 17.2. The summed E-state index contributed by atoms with van der Waals surface area (Å²) in [5, 5.41) is 0. The number of ketones is 1. The Labute approximate surface area is 99.2 Å². The molecular weight excluding hydrogens is 224 g/mol. The molecular formula is C13H15F2NO. The summed E-state index contributed by atoms with van der Waals surface area (Å²) in [6, 6.07) is 3.45. The van der Waals surface area contributed by atoms with Gasteiger partial charge in [0, 0.05) is 11.6 Å². The second kappa shape index (κ2) is 4.53. The minimum absolute atomic E-state index is 0.168. The van der Waals surface area contributed by atoms with Crippen molar-refractivity contribution in [2.45, 2.75) is 31.8 Å². The predicted octanol–water partition coefficient (Wildman–Crippen LogP) is 2.63. The van der Waals surface area contributed by atoms with E-state index in [4.69, 9.17) is 0 Å². The highest BCUT2D eigenvalue weighted by Gasteiger charge is 2.32. The molecule has 0 amide bonds. The van der Waals surface area contributed by atoms with Crippen molar-refractivity contribution in [3.8, 4) is 0 Å². The van der Waals surface area contributed by atoms with Crippen LogP contribution in [-0.2, 0) is 0 Å². The first-order valence-electron chi connectivity index (χ1n) is 5.72. The van der Waals surface area contributed by atoms with E-state index in [-0.39, 0.29) is 17.4 Å². The fraction of sp³-hybridized carbons (Fsp3) is 0.462. The summed E-state index contributed by atoms with van der Waals surface area (Å²) in [4.78, 5) is 14.0. The molecule has 17 heavy (non-hydrogen) atoms. The summed E-state index contributed by atoms with van der Waals surface area (Å²) in [5.74, 6) is -2.07. The van der Waals surface area contributed by atoms with Gasteiger partial charge in [-0.2, -0.15) is 0 Å². The molecule has 0 radical (unpaired) electrons. The van der Waals surface area contributed by atoms with Crippen molar-refractivity contribution < 1.29 is 13.6 Å². The van der Waals surface area contributed by atoms with Crippen molar-refractivity contribution >= 4 is 5.78 Å². The zero-order valence-corrected chi connectivity index (χ0v) is 9.91. The highest BCUT2D eigenvalue weighted by atomic mass is 19.2. The Morgan fingerprint density at radius 3 is 2.53 bits per heavy atom. The zero-order chi connectivity index (χ0) is 12.6. The molecule has 1 aliphatic rings. The summed E-state index contributed by atoms with van der Waals surface area (Å²) >= 11 is 0. The van der Waals surface area contributed by atoms with Crippen LogP contribution in [0.4, 0.5) is 8.78 Å². The number of likely N-dealkylation sites (N-methyl/N-ethyl adjacent to an activating group) is 1. The maximum absolute atomic E-state index is 13.0. The van der Waals surface area contributed by atoms with E-state index in [0.717, 1.165) is 25.0 Å². The van der Waals surface area contributed by atoms with Gasteiger partial charge in [0.05, 0.1) is 6.04 Å². The molecule has 1 aromatic rings. The van der Waals surface area contributed by atoms with Gasteiger partial charge >= 0.3 is 0 Å². The summed E-state index contributed by atoms with van der Waals surface area (Å²) in [7, 11) is 1.89. The van der Waals surface area contributed by atoms with E-state index in [0.29, 0.717) is 6.04 Å². The van der Waals surface area contributed by atoms with Gasteiger partial charge in [0.15, 0.2) is 17.4 Å². The Morgan fingerprint density at radius 1 is 1.35 bits per heavy atom. The van der Waals surface area contributed by atoms with Crippen molar-refractivity contribution in [1.29, 1.82) is 0 Å². The standard InChI is InChI=1S/C13H15F2NO/c1-8(16(2)10-4-5-10)13(17)9-3-6-11(14)12(15)7-9/h3,6-8,10H,4-5H2,1-2H3. The molecule has 1 unspecified atom stereocenters. The SMILES string of the molecule is CC(C(=O)c1ccc(F)c(F)c1)N(C)C1CC1. The number of halogens is 2. The molecule has 1 saturated carbocycles. The van der Waals surface area contributed by atoms with Crippen LogP contribution in [0.15, 0.2) is 18.2 Å². The van der Waals surface area contributed by atoms with Crippen molar-refractivity contribution in [2.75, 3.05) is 7.05 Å². The van der Waals surface area contributed by atoms with Crippen LogP contribution < -0.4 is 0 Å². The van der Waals surface area contributed by atoms with Crippen LogP contribution in [0, 0.1) is 11.6 Å². The zero-order valence-electron chi connectivity index (χ0n) is 9.91. The van der Waals surface area contributed by atoms with Crippen LogP contribution >= 0.6 is 0 Å².